The molecular formula is C71H75Cl2IN2Na2O6S2V. The largest absolute Gasteiger partial charge is 1.00 e. The Labute approximate surface area is 606 Å². The number of pyridine rings is 2. The molecule has 87 heavy (non-hydrogen) atoms. The number of halogens is 3. The monoisotopic (exact) mass is 1410 g/mol. The Kier molecular flexibility index (Phi) is 30.5. The predicted molar refractivity (Wildman–Crippen MR) is 359 cm³/mol. The Morgan fingerprint density at radius 2 is 0.920 bits per heavy atom. The molecule has 2 atom stereocenters. The van der Waals surface area contributed by atoms with Crippen LogP contribution in [0.2, 0.25) is 10.0 Å². The van der Waals surface area contributed by atoms with Gasteiger partial charge in [-0.05, 0) is 207 Å². The predicted octanol–water partition coefficient (Wildman–Crippen LogP) is 10.5. The molecule has 2 heterocycles. The van der Waals surface area contributed by atoms with Crippen molar-refractivity contribution in [1.29, 1.82) is 0 Å². The summed E-state index contributed by atoms with van der Waals surface area (Å²) in [4.78, 5) is 32.2. The molecule has 0 bridgehead atoms. The van der Waals surface area contributed by atoms with Gasteiger partial charge in [-0.15, -0.1) is 24.0 Å². The third-order valence-electron chi connectivity index (χ3n) is 15.6. The standard InChI is InChI=1S/2C35H36ClNO3S.CH4.HI.2Na.V/c2*1-34(2,40)30-9-4-3-7-25(30)13-17-32(41-23-35(18-19-35)22-33(38)39)27-8-5-6-24(20-27)10-15-29-16-12-26-11-14-28(36)21-31(26)37-29;;;;;/h2*3-12,14-16,20-21,32,40H,13,17-19,22-23H2,1-2H3,(H,38,39);1H4;1H;;;/q;;;;2*+1;/p-2/b15-10+;15-10-;;;;;/t2*32-;;;;;/m11...../s1. The fourth-order valence-electron chi connectivity index (χ4n) is 10.7. The van der Waals surface area contributed by atoms with Gasteiger partial charge in [-0.25, -0.2) is 9.97 Å². The van der Waals surface area contributed by atoms with E-state index >= 15 is 0 Å². The van der Waals surface area contributed by atoms with Gasteiger partial charge < -0.3 is 30.0 Å². The van der Waals surface area contributed by atoms with E-state index in [1.54, 1.807) is 0 Å². The van der Waals surface area contributed by atoms with Gasteiger partial charge in [0.15, 0.2) is 0 Å². The molecule has 0 saturated heterocycles. The molecule has 2 fully saturated rings. The van der Waals surface area contributed by atoms with Gasteiger partial charge in [-0.1, -0.05) is 164 Å². The third kappa shape index (κ3) is 22.7. The molecule has 0 spiro atoms. The van der Waals surface area contributed by atoms with E-state index in [2.05, 4.69) is 72.8 Å². The summed E-state index contributed by atoms with van der Waals surface area (Å²) < 4.78 is 0. The second-order valence-corrected chi connectivity index (χ2v) is 26.6. The van der Waals surface area contributed by atoms with E-state index in [0.29, 0.717) is 10.0 Å². The number of benzene rings is 6. The van der Waals surface area contributed by atoms with Crippen molar-refractivity contribution in [3.8, 4) is 0 Å². The number of thioether (sulfide) groups is 2. The van der Waals surface area contributed by atoms with Crippen LogP contribution in [0.5, 0.6) is 0 Å². The first-order valence-corrected chi connectivity index (χ1v) is 31.0. The van der Waals surface area contributed by atoms with Crippen molar-refractivity contribution in [3.63, 3.8) is 0 Å². The molecule has 8 aromatic rings. The number of hydrogen-bond donors (Lipinski definition) is 2. The maximum absolute atomic E-state index is 11.4. The Morgan fingerprint density at radius 3 is 1.28 bits per heavy atom. The van der Waals surface area contributed by atoms with Crippen LogP contribution >= 0.6 is 70.7 Å². The van der Waals surface area contributed by atoms with Crippen molar-refractivity contribution in [2.45, 2.75) is 121 Å². The number of rotatable bonds is 24. The summed E-state index contributed by atoms with van der Waals surface area (Å²) in [6.07, 6.45) is 15.6. The van der Waals surface area contributed by atoms with E-state index in [0.717, 1.165) is 129 Å². The molecule has 2 aromatic heterocycles. The van der Waals surface area contributed by atoms with Crippen LogP contribution in [0.3, 0.4) is 0 Å². The van der Waals surface area contributed by atoms with Gasteiger partial charge in [0.05, 0.1) is 33.6 Å². The number of aryl methyl sites for hydroxylation is 2. The molecule has 8 nitrogen and oxygen atoms in total. The van der Waals surface area contributed by atoms with Gasteiger partial charge in [0.1, 0.15) is 0 Å². The molecule has 445 valence electrons. The molecule has 0 aliphatic heterocycles. The zero-order valence-corrected chi connectivity index (χ0v) is 60.7. The number of hydrogen-bond acceptors (Lipinski definition) is 10. The number of carbonyl (C=O) groups is 2. The molecule has 2 aliphatic rings. The Hall–Kier alpha value is -2.93. The third-order valence-corrected chi connectivity index (χ3v) is 19.5. The smallest absolute Gasteiger partial charge is 0.550 e. The van der Waals surface area contributed by atoms with Crippen molar-refractivity contribution < 1.29 is 108 Å². The molecule has 1 radical (unpaired) electrons. The van der Waals surface area contributed by atoms with Crippen LogP contribution < -0.4 is 69.3 Å². The molecule has 2 saturated carbocycles. The number of nitrogens with zero attached hydrogens (tertiary/aromatic N) is 2. The fourth-order valence-corrected chi connectivity index (χ4v) is 14.2. The number of carboxylic acids is 2. The minimum absolute atomic E-state index is 0. The number of fused-ring (bicyclic) bond motifs is 2. The van der Waals surface area contributed by atoms with Gasteiger partial charge >= 0.3 is 59.1 Å². The maximum Gasteiger partial charge on any atom is 1.00 e. The number of carbonyl (C=O) groups excluding carboxylic acids is 2. The number of aliphatic hydroxyl groups is 2. The molecule has 6 aromatic carbocycles. The first-order chi connectivity index (χ1) is 39.2. The van der Waals surface area contributed by atoms with Crippen LogP contribution in [0.1, 0.15) is 153 Å². The summed E-state index contributed by atoms with van der Waals surface area (Å²) in [5, 5.41) is 48.0. The fraction of sp³-hybridized carbons (Fsp3) is 0.324. The van der Waals surface area contributed by atoms with E-state index in [-0.39, 0.29) is 143 Å². The van der Waals surface area contributed by atoms with Crippen LogP contribution in [0.15, 0.2) is 158 Å². The van der Waals surface area contributed by atoms with E-state index in [9.17, 15) is 30.0 Å². The molecule has 0 amide bonds. The van der Waals surface area contributed by atoms with Crippen molar-refractivity contribution >= 4 is 129 Å². The van der Waals surface area contributed by atoms with Crippen molar-refractivity contribution in [2.24, 2.45) is 10.8 Å². The number of aliphatic carboxylic acids is 2. The SMILES string of the molecule is C.CC(C)(O)c1ccccc1CC[C@@H](SCC1(CC(=O)[O-])CC1)c1cccc(/C=C/c2ccc3ccc(Cl)cc3n2)c1.CC(C)(O)c1ccccc1CC[C@@H](SCC1(CC(=O)[O-])CC1)c1cccc(/C=C\c2ccc3ccc(Cl)cc3n2)c1.I.[Na+].[Na+].[V]. The maximum atomic E-state index is 11.4. The first-order valence-electron chi connectivity index (χ1n) is 28.1. The summed E-state index contributed by atoms with van der Waals surface area (Å²) in [6, 6.07) is 52.8. The van der Waals surface area contributed by atoms with Gasteiger partial charge in [0, 0.05) is 61.8 Å². The van der Waals surface area contributed by atoms with Crippen molar-refractivity contribution in [2.75, 3.05) is 11.5 Å². The van der Waals surface area contributed by atoms with E-state index in [1.807, 2.05) is 160 Å². The Morgan fingerprint density at radius 1 is 0.552 bits per heavy atom. The number of aromatic nitrogens is 2. The molecule has 2 N–H and O–H groups in total. The Balaban J connectivity index is 0.000000352. The summed E-state index contributed by atoms with van der Waals surface area (Å²) in [5.74, 6) is -0.337. The van der Waals surface area contributed by atoms with E-state index in [4.69, 9.17) is 33.2 Å². The van der Waals surface area contributed by atoms with Crippen LogP contribution in [-0.2, 0) is 52.2 Å². The van der Waals surface area contributed by atoms with Crippen LogP contribution in [0, 0.1) is 10.8 Å². The second-order valence-electron chi connectivity index (χ2n) is 23.4. The first kappa shape index (κ1) is 76.5. The van der Waals surface area contributed by atoms with Gasteiger partial charge in [-0.3, -0.25) is 0 Å². The topological polar surface area (TPSA) is 146 Å². The summed E-state index contributed by atoms with van der Waals surface area (Å²) in [6.45, 7) is 7.29. The Bertz CT molecular complexity index is 3410. The van der Waals surface area contributed by atoms with E-state index in [1.165, 1.54) is 11.1 Å². The normalized spacial score (nSPS) is 14.4. The summed E-state index contributed by atoms with van der Waals surface area (Å²) >= 11 is 16.0. The zero-order valence-electron chi connectivity index (χ0n) is 49.8. The van der Waals surface area contributed by atoms with Crippen molar-refractivity contribution in [3.05, 3.63) is 224 Å². The second kappa shape index (κ2) is 34.7. The number of carboxylic acid groups (broad SMARTS) is 2. The molecule has 10 rings (SSSR count). The average Bonchev–Trinajstić information content (AvgIpc) is 2.27. The minimum atomic E-state index is -0.963. The molecule has 0 unspecified atom stereocenters. The van der Waals surface area contributed by atoms with Gasteiger partial charge in [-0.2, -0.15) is 23.5 Å². The van der Waals surface area contributed by atoms with Crippen LogP contribution in [-0.4, -0.2) is 43.6 Å². The molecule has 16 heteroatoms. The minimum Gasteiger partial charge on any atom is -0.550 e. The molecular weight excluding hydrogens is 1340 g/mol. The van der Waals surface area contributed by atoms with Gasteiger partial charge in [0.2, 0.25) is 0 Å². The van der Waals surface area contributed by atoms with Crippen molar-refractivity contribution in [1.82, 2.24) is 9.97 Å². The van der Waals surface area contributed by atoms with Crippen LogP contribution in [0.4, 0.5) is 0 Å². The quantitative estimate of drug-likeness (QED) is 0.0443. The molecule has 2 aliphatic carbocycles. The summed E-state index contributed by atoms with van der Waals surface area (Å²) in [7, 11) is 0. The summed E-state index contributed by atoms with van der Waals surface area (Å²) in [5.41, 5.74) is 10.1. The average molecular weight is 1410 g/mol. The van der Waals surface area contributed by atoms with Gasteiger partial charge in [0.25, 0.3) is 0 Å². The zero-order chi connectivity index (χ0) is 58.1. The van der Waals surface area contributed by atoms with Crippen LogP contribution in [0.25, 0.3) is 46.1 Å². The van der Waals surface area contributed by atoms with E-state index < -0.39 is 23.1 Å².